The zero-order valence-corrected chi connectivity index (χ0v) is 19.1. The van der Waals surface area contributed by atoms with Gasteiger partial charge < -0.3 is 15.3 Å². The average molecular weight is 498 g/mol. The summed E-state index contributed by atoms with van der Waals surface area (Å²) in [5, 5.41) is 18.3. The van der Waals surface area contributed by atoms with Crippen molar-refractivity contribution in [1.82, 2.24) is 19.7 Å². The number of aldehydes is 1. The number of aryl methyl sites for hydroxylation is 1. The van der Waals surface area contributed by atoms with Crippen molar-refractivity contribution in [3.05, 3.63) is 44.9 Å². The van der Waals surface area contributed by atoms with Crippen molar-refractivity contribution in [1.29, 1.82) is 0 Å². The number of aromatic nitrogens is 2. The lowest BCUT2D eigenvalue weighted by atomic mass is 10.1. The van der Waals surface area contributed by atoms with Crippen LogP contribution in [0.3, 0.4) is 0 Å². The molecule has 2 aromatic rings. The van der Waals surface area contributed by atoms with Gasteiger partial charge in [0.05, 0.1) is 29.9 Å². The minimum atomic E-state index is -0.561. The molecule has 168 valence electrons. The standard InChI is InChI=1S/C20H25BrFN5O4/c1-12-6-16(22)15(21)7-18(12)23-20(30)26-5-4-17-14(9-26)19(11-29)27(24-17)8-13(10-28)31-25(2)3/h6-7,11,13,28H,4-5,8-10H2,1-3H3,(H,23,30). The summed E-state index contributed by atoms with van der Waals surface area (Å²) in [6.07, 6.45) is 0.633. The number of aliphatic hydroxyl groups excluding tert-OH is 1. The number of halogens is 2. The monoisotopic (exact) mass is 497 g/mol. The molecule has 0 radical (unpaired) electrons. The van der Waals surface area contributed by atoms with E-state index in [0.29, 0.717) is 41.8 Å². The normalized spacial score (nSPS) is 14.5. The maximum atomic E-state index is 13.6. The second-order valence-electron chi connectivity index (χ2n) is 7.52. The minimum absolute atomic E-state index is 0.199. The molecule has 2 amide bonds. The Bertz CT molecular complexity index is 981. The third-order valence-electron chi connectivity index (χ3n) is 4.99. The minimum Gasteiger partial charge on any atom is -0.394 e. The highest BCUT2D eigenvalue weighted by atomic mass is 79.9. The van der Waals surface area contributed by atoms with Gasteiger partial charge in [-0.25, -0.2) is 9.18 Å². The number of hydroxylamine groups is 2. The van der Waals surface area contributed by atoms with Crippen LogP contribution in [0, 0.1) is 12.7 Å². The number of carbonyl (C=O) groups excluding carboxylic acids is 2. The number of nitrogens with one attached hydrogen (secondary N) is 1. The van der Waals surface area contributed by atoms with Crippen molar-refractivity contribution >= 4 is 33.9 Å². The molecule has 9 nitrogen and oxygen atoms in total. The van der Waals surface area contributed by atoms with Crippen molar-refractivity contribution in [3.8, 4) is 0 Å². The average Bonchev–Trinajstić information content (AvgIpc) is 3.07. The Morgan fingerprint density at radius 2 is 2.23 bits per heavy atom. The highest BCUT2D eigenvalue weighted by Crippen LogP contribution is 2.26. The van der Waals surface area contributed by atoms with E-state index in [4.69, 9.17) is 4.84 Å². The molecule has 0 saturated heterocycles. The van der Waals surface area contributed by atoms with E-state index in [-0.39, 0.29) is 30.2 Å². The summed E-state index contributed by atoms with van der Waals surface area (Å²) in [6, 6.07) is 2.52. The highest BCUT2D eigenvalue weighted by molar-refractivity contribution is 9.10. The van der Waals surface area contributed by atoms with E-state index in [1.54, 1.807) is 25.9 Å². The first kappa shape index (κ1) is 23.3. The van der Waals surface area contributed by atoms with Crippen molar-refractivity contribution in [2.24, 2.45) is 0 Å². The maximum Gasteiger partial charge on any atom is 0.322 e. The van der Waals surface area contributed by atoms with Crippen molar-refractivity contribution in [3.63, 3.8) is 0 Å². The van der Waals surface area contributed by atoms with E-state index in [1.165, 1.54) is 21.9 Å². The highest BCUT2D eigenvalue weighted by Gasteiger charge is 2.28. The summed E-state index contributed by atoms with van der Waals surface area (Å²) >= 11 is 3.13. The van der Waals surface area contributed by atoms with Gasteiger partial charge in [-0.3, -0.25) is 14.3 Å². The molecule has 11 heteroatoms. The van der Waals surface area contributed by atoms with Crippen LogP contribution in [-0.2, 0) is 24.3 Å². The number of benzene rings is 1. The number of hydrogen-bond acceptors (Lipinski definition) is 6. The van der Waals surface area contributed by atoms with E-state index < -0.39 is 11.9 Å². The quantitative estimate of drug-likeness (QED) is 0.449. The van der Waals surface area contributed by atoms with Gasteiger partial charge in [0.25, 0.3) is 0 Å². The van der Waals surface area contributed by atoms with Gasteiger partial charge in [-0.05, 0) is 40.5 Å². The Morgan fingerprint density at radius 3 is 2.87 bits per heavy atom. The lowest BCUT2D eigenvalue weighted by Crippen LogP contribution is -2.39. The van der Waals surface area contributed by atoms with Crippen LogP contribution in [0.4, 0.5) is 14.9 Å². The molecule has 0 fully saturated rings. The molecule has 0 saturated carbocycles. The number of nitrogens with zero attached hydrogens (tertiary/aromatic N) is 4. The molecule has 0 bridgehead atoms. The fraction of sp³-hybridized carbons (Fsp3) is 0.450. The molecule has 31 heavy (non-hydrogen) atoms. The summed E-state index contributed by atoms with van der Waals surface area (Å²) in [5.41, 5.74) is 2.88. The predicted octanol–water partition coefficient (Wildman–Crippen LogP) is 2.35. The molecular formula is C20H25BrFN5O4. The molecule has 0 spiro atoms. The van der Waals surface area contributed by atoms with Gasteiger partial charge in [0.1, 0.15) is 17.6 Å². The first-order chi connectivity index (χ1) is 14.7. The van der Waals surface area contributed by atoms with Crippen LogP contribution in [0.15, 0.2) is 16.6 Å². The zero-order valence-electron chi connectivity index (χ0n) is 17.6. The Balaban J connectivity index is 1.76. The van der Waals surface area contributed by atoms with Crippen molar-refractivity contribution < 1.29 is 23.9 Å². The number of rotatable bonds is 7. The van der Waals surface area contributed by atoms with Crippen LogP contribution in [0.2, 0.25) is 0 Å². The molecule has 1 atom stereocenters. The first-order valence-corrected chi connectivity index (χ1v) is 10.5. The molecule has 2 N–H and O–H groups in total. The summed E-state index contributed by atoms with van der Waals surface area (Å²) in [6.45, 7) is 2.32. The number of hydrogen-bond donors (Lipinski definition) is 2. The molecule has 1 unspecified atom stereocenters. The molecule has 1 aromatic carbocycles. The van der Waals surface area contributed by atoms with Crippen LogP contribution in [-0.4, -0.2) is 70.5 Å². The smallest absolute Gasteiger partial charge is 0.322 e. The van der Waals surface area contributed by atoms with Crippen molar-refractivity contribution in [2.45, 2.75) is 32.5 Å². The predicted molar refractivity (Wildman–Crippen MR) is 115 cm³/mol. The maximum absolute atomic E-state index is 13.6. The molecular weight excluding hydrogens is 473 g/mol. The van der Waals surface area contributed by atoms with E-state index in [1.807, 2.05) is 0 Å². The van der Waals surface area contributed by atoms with Gasteiger partial charge in [0.2, 0.25) is 0 Å². The molecule has 0 aliphatic carbocycles. The number of anilines is 1. The summed E-state index contributed by atoms with van der Waals surface area (Å²) < 4.78 is 15.4. The van der Waals surface area contributed by atoms with Crippen LogP contribution in [0.25, 0.3) is 0 Å². The summed E-state index contributed by atoms with van der Waals surface area (Å²) in [5.74, 6) is -0.402. The SMILES string of the molecule is Cc1cc(F)c(Br)cc1NC(=O)N1CCc2nn(CC(CO)ON(C)C)c(C=O)c2C1. The Kier molecular flexibility index (Phi) is 7.42. The lowest BCUT2D eigenvalue weighted by molar-refractivity contribution is -0.180. The molecule has 2 heterocycles. The summed E-state index contributed by atoms with van der Waals surface area (Å²) in [4.78, 5) is 31.7. The third-order valence-corrected chi connectivity index (χ3v) is 5.60. The topological polar surface area (TPSA) is 99.9 Å². The second-order valence-corrected chi connectivity index (χ2v) is 8.37. The van der Waals surface area contributed by atoms with Gasteiger partial charge in [0.15, 0.2) is 6.29 Å². The number of amides is 2. The lowest BCUT2D eigenvalue weighted by Gasteiger charge is -2.27. The molecule has 1 aliphatic heterocycles. The number of urea groups is 1. The zero-order chi connectivity index (χ0) is 22.7. The van der Waals surface area contributed by atoms with Crippen LogP contribution >= 0.6 is 15.9 Å². The fourth-order valence-corrected chi connectivity index (χ4v) is 3.83. The third kappa shape index (κ3) is 5.29. The van der Waals surface area contributed by atoms with E-state index in [2.05, 4.69) is 26.3 Å². The number of fused-ring (bicyclic) bond motifs is 1. The largest absolute Gasteiger partial charge is 0.394 e. The van der Waals surface area contributed by atoms with Gasteiger partial charge in [0, 0.05) is 38.3 Å². The number of carbonyl (C=O) groups is 2. The Morgan fingerprint density at radius 1 is 1.48 bits per heavy atom. The van der Waals surface area contributed by atoms with E-state index in [0.717, 1.165) is 5.69 Å². The molecule has 1 aliphatic rings. The van der Waals surface area contributed by atoms with Gasteiger partial charge in [-0.2, -0.15) is 10.2 Å². The molecule has 1 aromatic heterocycles. The van der Waals surface area contributed by atoms with Crippen LogP contribution in [0.1, 0.15) is 27.3 Å². The Hall–Kier alpha value is -2.34. The van der Waals surface area contributed by atoms with Gasteiger partial charge in [-0.1, -0.05) is 0 Å². The fourth-order valence-electron chi connectivity index (χ4n) is 3.48. The molecule has 3 rings (SSSR count). The van der Waals surface area contributed by atoms with Crippen LogP contribution < -0.4 is 5.32 Å². The van der Waals surface area contributed by atoms with Gasteiger partial charge >= 0.3 is 6.03 Å². The van der Waals surface area contributed by atoms with E-state index in [9.17, 15) is 19.1 Å². The van der Waals surface area contributed by atoms with E-state index >= 15 is 0 Å². The Labute approximate surface area is 187 Å². The van der Waals surface area contributed by atoms with Crippen molar-refractivity contribution in [2.75, 3.05) is 32.6 Å². The number of aliphatic hydroxyl groups is 1. The first-order valence-electron chi connectivity index (χ1n) is 9.73. The van der Waals surface area contributed by atoms with Crippen LogP contribution in [0.5, 0.6) is 0 Å². The van der Waals surface area contributed by atoms with Gasteiger partial charge in [-0.15, -0.1) is 0 Å². The summed E-state index contributed by atoms with van der Waals surface area (Å²) in [7, 11) is 3.41. The second kappa shape index (κ2) is 9.86.